The van der Waals surface area contributed by atoms with Crippen LogP contribution in [-0.2, 0) is 4.79 Å². The quantitative estimate of drug-likeness (QED) is 0.834. The highest BCUT2D eigenvalue weighted by atomic mass is 35.5. The summed E-state index contributed by atoms with van der Waals surface area (Å²) in [5, 5.41) is 0. The lowest BCUT2D eigenvalue weighted by molar-refractivity contribution is -0.130. The molecule has 4 nitrogen and oxygen atoms in total. The summed E-state index contributed by atoms with van der Waals surface area (Å²) in [6.45, 7) is 3.69. The van der Waals surface area contributed by atoms with Crippen molar-refractivity contribution in [3.8, 4) is 5.75 Å². The molecule has 22 heavy (non-hydrogen) atoms. The van der Waals surface area contributed by atoms with Crippen LogP contribution >= 0.6 is 24.2 Å². The minimum Gasteiger partial charge on any atom is -0.497 e. The van der Waals surface area contributed by atoms with E-state index in [9.17, 15) is 4.79 Å². The fourth-order valence-electron chi connectivity index (χ4n) is 2.59. The van der Waals surface area contributed by atoms with Gasteiger partial charge in [-0.25, -0.2) is 0 Å². The molecular weight excluding hydrogens is 320 g/mol. The van der Waals surface area contributed by atoms with Crippen molar-refractivity contribution < 1.29 is 9.53 Å². The Morgan fingerprint density at radius 1 is 1.55 bits per heavy atom. The van der Waals surface area contributed by atoms with Gasteiger partial charge in [0.05, 0.1) is 12.9 Å². The van der Waals surface area contributed by atoms with Crippen molar-refractivity contribution in [2.75, 3.05) is 26.0 Å². The molecule has 1 saturated heterocycles. The van der Waals surface area contributed by atoms with Gasteiger partial charge in [0.1, 0.15) is 5.75 Å². The molecule has 2 unspecified atom stereocenters. The van der Waals surface area contributed by atoms with Gasteiger partial charge >= 0.3 is 0 Å². The maximum Gasteiger partial charge on any atom is 0.232 e. The predicted octanol–water partition coefficient (Wildman–Crippen LogP) is 2.79. The monoisotopic (exact) mass is 344 g/mol. The number of amides is 1. The number of hydrogen-bond donors (Lipinski definition) is 1. The predicted molar refractivity (Wildman–Crippen MR) is 93.9 cm³/mol. The average Bonchev–Trinajstić information content (AvgIpc) is 2.53. The molecule has 1 aromatic carbocycles. The second-order valence-corrected chi connectivity index (χ2v) is 6.62. The van der Waals surface area contributed by atoms with Gasteiger partial charge in [0.15, 0.2) is 0 Å². The molecule has 0 bridgehead atoms. The van der Waals surface area contributed by atoms with E-state index in [0.29, 0.717) is 11.7 Å². The standard InChI is InChI=1S/C16H24N2O2S.ClH/c1-12(17)13-5-4-8-18(10-13)16(19)11-21-15-7-3-6-14(9-15)20-2;/h3,6-7,9,12-13H,4-5,8,10-11,17H2,1-2H3;1H. The maximum absolute atomic E-state index is 12.3. The number of ether oxygens (including phenoxy) is 1. The van der Waals surface area contributed by atoms with E-state index in [-0.39, 0.29) is 24.4 Å². The summed E-state index contributed by atoms with van der Waals surface area (Å²) in [4.78, 5) is 15.3. The van der Waals surface area contributed by atoms with E-state index in [1.54, 1.807) is 18.9 Å². The Hall–Kier alpha value is -0.910. The molecule has 1 fully saturated rings. The number of carbonyl (C=O) groups is 1. The third-order valence-electron chi connectivity index (χ3n) is 3.96. The summed E-state index contributed by atoms with van der Waals surface area (Å²) in [6.07, 6.45) is 2.19. The van der Waals surface area contributed by atoms with E-state index in [4.69, 9.17) is 10.5 Å². The number of halogens is 1. The number of thioether (sulfide) groups is 1. The summed E-state index contributed by atoms with van der Waals surface area (Å²) in [5.41, 5.74) is 5.97. The van der Waals surface area contributed by atoms with E-state index in [2.05, 4.69) is 0 Å². The zero-order valence-electron chi connectivity index (χ0n) is 13.2. The number of nitrogens with zero attached hydrogens (tertiary/aromatic N) is 1. The van der Waals surface area contributed by atoms with Crippen molar-refractivity contribution in [3.05, 3.63) is 24.3 Å². The smallest absolute Gasteiger partial charge is 0.232 e. The molecule has 1 aliphatic heterocycles. The van der Waals surface area contributed by atoms with Crippen LogP contribution in [0.15, 0.2) is 29.2 Å². The van der Waals surface area contributed by atoms with Gasteiger partial charge in [0, 0.05) is 24.0 Å². The van der Waals surface area contributed by atoms with Gasteiger partial charge < -0.3 is 15.4 Å². The van der Waals surface area contributed by atoms with Crippen molar-refractivity contribution in [1.29, 1.82) is 0 Å². The van der Waals surface area contributed by atoms with Gasteiger partial charge in [-0.2, -0.15) is 0 Å². The lowest BCUT2D eigenvalue weighted by Gasteiger charge is -2.34. The summed E-state index contributed by atoms with van der Waals surface area (Å²) < 4.78 is 5.20. The van der Waals surface area contributed by atoms with Crippen molar-refractivity contribution >= 4 is 30.1 Å². The lowest BCUT2D eigenvalue weighted by Crippen LogP contribution is -2.45. The van der Waals surface area contributed by atoms with E-state index >= 15 is 0 Å². The number of benzene rings is 1. The topological polar surface area (TPSA) is 55.6 Å². The number of hydrogen-bond acceptors (Lipinski definition) is 4. The second kappa shape index (κ2) is 9.28. The molecule has 1 heterocycles. The number of nitrogens with two attached hydrogens (primary N) is 1. The minimum atomic E-state index is 0. The van der Waals surface area contributed by atoms with Gasteiger partial charge in [-0.3, -0.25) is 4.79 Å². The summed E-state index contributed by atoms with van der Waals surface area (Å²) in [7, 11) is 1.65. The molecular formula is C16H25ClN2O2S. The van der Waals surface area contributed by atoms with Crippen LogP contribution in [0.5, 0.6) is 5.75 Å². The normalized spacial score (nSPS) is 19.2. The van der Waals surface area contributed by atoms with Crippen LogP contribution in [-0.4, -0.2) is 42.8 Å². The first kappa shape index (κ1) is 19.1. The number of rotatable bonds is 5. The molecule has 0 radical (unpaired) electrons. The maximum atomic E-state index is 12.3. The largest absolute Gasteiger partial charge is 0.497 e. The third-order valence-corrected chi connectivity index (χ3v) is 4.94. The van der Waals surface area contributed by atoms with Gasteiger partial charge in [-0.1, -0.05) is 6.07 Å². The number of piperidine rings is 1. The van der Waals surface area contributed by atoms with Gasteiger partial charge in [0.2, 0.25) is 5.91 Å². The van der Waals surface area contributed by atoms with E-state index in [1.165, 1.54) is 0 Å². The SMILES string of the molecule is COc1cccc(SCC(=O)N2CCCC(C(C)N)C2)c1.Cl. The molecule has 124 valence electrons. The first-order valence-electron chi connectivity index (χ1n) is 7.40. The molecule has 1 aromatic rings. The average molecular weight is 345 g/mol. The lowest BCUT2D eigenvalue weighted by atomic mass is 9.92. The van der Waals surface area contributed by atoms with Crippen LogP contribution in [0.4, 0.5) is 0 Å². The van der Waals surface area contributed by atoms with E-state index in [1.807, 2.05) is 36.1 Å². The first-order chi connectivity index (χ1) is 10.1. The Bertz CT molecular complexity index is 485. The Balaban J connectivity index is 0.00000242. The molecule has 0 spiro atoms. The van der Waals surface area contributed by atoms with Crippen LogP contribution in [0.3, 0.4) is 0 Å². The highest BCUT2D eigenvalue weighted by Gasteiger charge is 2.25. The van der Waals surface area contributed by atoms with Crippen LogP contribution < -0.4 is 10.5 Å². The Morgan fingerprint density at radius 2 is 2.32 bits per heavy atom. The highest BCUT2D eigenvalue weighted by Crippen LogP contribution is 2.24. The zero-order chi connectivity index (χ0) is 15.2. The molecule has 2 N–H and O–H groups in total. The summed E-state index contributed by atoms with van der Waals surface area (Å²) >= 11 is 1.56. The fourth-order valence-corrected chi connectivity index (χ4v) is 3.44. The van der Waals surface area contributed by atoms with Crippen LogP contribution in [0.1, 0.15) is 19.8 Å². The molecule has 1 aliphatic rings. The summed E-state index contributed by atoms with van der Waals surface area (Å²) in [5.74, 6) is 1.93. The Morgan fingerprint density at radius 3 is 3.00 bits per heavy atom. The Kier molecular flexibility index (Phi) is 8.07. The van der Waals surface area contributed by atoms with Crippen LogP contribution in [0, 0.1) is 5.92 Å². The third kappa shape index (κ3) is 5.38. The summed E-state index contributed by atoms with van der Waals surface area (Å²) in [6, 6.07) is 7.97. The van der Waals surface area contributed by atoms with Gasteiger partial charge in [0.25, 0.3) is 0 Å². The molecule has 0 aromatic heterocycles. The van der Waals surface area contributed by atoms with Gasteiger partial charge in [-0.05, 0) is 43.9 Å². The van der Waals surface area contributed by atoms with E-state index < -0.39 is 0 Å². The molecule has 1 amide bonds. The van der Waals surface area contributed by atoms with Crippen LogP contribution in [0.25, 0.3) is 0 Å². The van der Waals surface area contributed by atoms with Crippen molar-refractivity contribution in [2.45, 2.75) is 30.7 Å². The van der Waals surface area contributed by atoms with Crippen molar-refractivity contribution in [3.63, 3.8) is 0 Å². The molecule has 2 atom stereocenters. The van der Waals surface area contributed by atoms with Crippen LogP contribution in [0.2, 0.25) is 0 Å². The van der Waals surface area contributed by atoms with Gasteiger partial charge in [-0.15, -0.1) is 24.2 Å². The minimum absolute atomic E-state index is 0. The zero-order valence-corrected chi connectivity index (χ0v) is 14.8. The van der Waals surface area contributed by atoms with Crippen molar-refractivity contribution in [2.24, 2.45) is 11.7 Å². The molecule has 0 aliphatic carbocycles. The number of carbonyl (C=O) groups excluding carboxylic acids is 1. The number of likely N-dealkylation sites (tertiary alicyclic amines) is 1. The van der Waals surface area contributed by atoms with E-state index in [0.717, 1.165) is 36.6 Å². The first-order valence-corrected chi connectivity index (χ1v) is 8.39. The molecule has 0 saturated carbocycles. The number of methoxy groups -OCH3 is 1. The second-order valence-electron chi connectivity index (χ2n) is 5.57. The Labute approximate surface area is 143 Å². The fraction of sp³-hybridized carbons (Fsp3) is 0.562. The molecule has 2 rings (SSSR count). The highest BCUT2D eigenvalue weighted by molar-refractivity contribution is 8.00. The van der Waals surface area contributed by atoms with Crippen molar-refractivity contribution in [1.82, 2.24) is 4.90 Å². The molecule has 6 heteroatoms.